The molecule has 2 fully saturated rings. The van der Waals surface area contributed by atoms with Crippen LogP contribution >= 0.6 is 0 Å². The normalized spacial score (nSPS) is 15.9. The van der Waals surface area contributed by atoms with Crippen LogP contribution in [0.4, 0.5) is 22.2 Å². The van der Waals surface area contributed by atoms with E-state index in [1.54, 1.807) is 30.0 Å². The molecule has 1 aliphatic carbocycles. The lowest BCUT2D eigenvalue weighted by Crippen LogP contribution is -2.53. The Balaban J connectivity index is 1.23. The molecule has 0 aromatic carbocycles. The summed E-state index contributed by atoms with van der Waals surface area (Å²) in [7, 11) is -4.12. The summed E-state index contributed by atoms with van der Waals surface area (Å²) >= 11 is 0. The third-order valence-corrected chi connectivity index (χ3v) is 9.49. The fraction of sp³-hybridized carbons (Fsp3) is 0.483. The van der Waals surface area contributed by atoms with Crippen LogP contribution in [0.1, 0.15) is 61.5 Å². The van der Waals surface area contributed by atoms with Gasteiger partial charge in [0.25, 0.3) is 5.56 Å². The van der Waals surface area contributed by atoms with Crippen LogP contribution < -0.4 is 20.5 Å². The van der Waals surface area contributed by atoms with Gasteiger partial charge in [-0.1, -0.05) is 12.8 Å². The van der Waals surface area contributed by atoms with E-state index in [4.69, 9.17) is 4.74 Å². The van der Waals surface area contributed by atoms with Crippen LogP contribution in [-0.4, -0.2) is 89.5 Å². The van der Waals surface area contributed by atoms with E-state index in [2.05, 4.69) is 25.0 Å². The van der Waals surface area contributed by atoms with E-state index in [0.717, 1.165) is 35.7 Å². The number of carbonyl (C=O) groups is 3. The molecule has 1 amide bonds. The Bertz CT molecular complexity index is 1800. The number of piperazine rings is 1. The standard InChI is InChI=1S/C29H36N8O8S/c1-18-23-17-31-28(33-26(23)37(21-6-4-5-7-21)27(40)25(18)19(2)38)32-24-9-8-22(16-30-24)35-10-12-36(13-11-35)46(42,43)34-29(41)45-15-14-44-20(3)39/h8-9,16-17,21H,4-7,10-15H2,1-3H3,(H,34,41)(H,30,31,32,33). The predicted octanol–water partition coefficient (Wildman–Crippen LogP) is 2.21. The molecule has 2 aliphatic rings. The molecule has 3 aromatic heterocycles. The van der Waals surface area contributed by atoms with Gasteiger partial charge in [0.2, 0.25) is 5.95 Å². The highest BCUT2D eigenvalue weighted by Gasteiger charge is 2.29. The zero-order valence-corrected chi connectivity index (χ0v) is 26.6. The molecule has 0 bridgehead atoms. The predicted molar refractivity (Wildman–Crippen MR) is 167 cm³/mol. The van der Waals surface area contributed by atoms with Crippen LogP contribution in [0.2, 0.25) is 0 Å². The molecular weight excluding hydrogens is 620 g/mol. The summed E-state index contributed by atoms with van der Waals surface area (Å²) in [5.41, 5.74) is 1.66. The molecule has 246 valence electrons. The number of pyridine rings is 2. The third-order valence-electron chi connectivity index (χ3n) is 8.02. The van der Waals surface area contributed by atoms with Crippen molar-refractivity contribution in [1.82, 2.24) is 28.5 Å². The van der Waals surface area contributed by atoms with E-state index in [1.165, 1.54) is 13.8 Å². The van der Waals surface area contributed by atoms with Crippen molar-refractivity contribution in [2.24, 2.45) is 0 Å². The van der Waals surface area contributed by atoms with Gasteiger partial charge in [0.1, 0.15) is 24.7 Å². The van der Waals surface area contributed by atoms with Gasteiger partial charge in [-0.2, -0.15) is 17.7 Å². The van der Waals surface area contributed by atoms with Crippen molar-refractivity contribution in [3.05, 3.63) is 46.0 Å². The number of carbonyl (C=O) groups excluding carboxylic acids is 3. The number of ketones is 1. The van der Waals surface area contributed by atoms with Crippen molar-refractivity contribution in [3.63, 3.8) is 0 Å². The van der Waals surface area contributed by atoms with Crippen LogP contribution in [-0.2, 0) is 24.5 Å². The molecule has 0 unspecified atom stereocenters. The molecule has 2 N–H and O–H groups in total. The number of nitrogens with one attached hydrogen (secondary N) is 2. The first kappa shape index (κ1) is 32.7. The number of rotatable bonds is 10. The Kier molecular flexibility index (Phi) is 9.81. The maximum atomic E-state index is 13.4. The number of amides is 1. The average Bonchev–Trinajstić information content (AvgIpc) is 3.54. The largest absolute Gasteiger partial charge is 0.462 e. The average molecular weight is 657 g/mol. The van der Waals surface area contributed by atoms with E-state index in [0.29, 0.717) is 35.5 Å². The number of aromatic nitrogens is 4. The topological polar surface area (TPSA) is 195 Å². The van der Waals surface area contributed by atoms with E-state index in [9.17, 15) is 27.6 Å². The summed E-state index contributed by atoms with van der Waals surface area (Å²) in [6.07, 6.45) is 5.80. The number of hydrogen-bond donors (Lipinski definition) is 2. The minimum atomic E-state index is -4.12. The van der Waals surface area contributed by atoms with Gasteiger partial charge in [0.05, 0.1) is 17.4 Å². The minimum absolute atomic E-state index is 0.0346. The van der Waals surface area contributed by atoms with Crippen LogP contribution in [0, 0.1) is 6.92 Å². The highest BCUT2D eigenvalue weighted by molar-refractivity contribution is 7.87. The number of aryl methyl sites for hydroxylation is 1. The highest BCUT2D eigenvalue weighted by atomic mass is 32.2. The number of esters is 1. The molecule has 0 spiro atoms. The zero-order chi connectivity index (χ0) is 33.0. The van der Waals surface area contributed by atoms with E-state index < -0.39 is 22.3 Å². The summed E-state index contributed by atoms with van der Waals surface area (Å²) in [4.78, 5) is 64.0. The fourth-order valence-corrected chi connectivity index (χ4v) is 6.82. The minimum Gasteiger partial charge on any atom is -0.462 e. The maximum absolute atomic E-state index is 13.4. The number of anilines is 3. The van der Waals surface area contributed by atoms with Crippen LogP contribution in [0.25, 0.3) is 11.0 Å². The second kappa shape index (κ2) is 13.8. The molecule has 0 atom stereocenters. The van der Waals surface area contributed by atoms with Crippen molar-refractivity contribution in [3.8, 4) is 0 Å². The SMILES string of the molecule is CC(=O)OCCOC(=O)NS(=O)(=O)N1CCN(c2ccc(Nc3ncc4c(C)c(C(C)=O)c(=O)n(C5CCCC5)c4n3)nc2)CC1. The Hall–Kier alpha value is -4.64. The Morgan fingerprint density at radius 2 is 1.67 bits per heavy atom. The first-order valence-electron chi connectivity index (χ1n) is 14.9. The third kappa shape index (κ3) is 7.25. The number of ether oxygens (including phenoxy) is 2. The van der Waals surface area contributed by atoms with Crippen molar-refractivity contribution >= 4 is 56.5 Å². The molecule has 1 aliphatic heterocycles. The summed E-state index contributed by atoms with van der Waals surface area (Å²) in [6.45, 7) is 4.84. The monoisotopic (exact) mass is 656 g/mol. The Morgan fingerprint density at radius 1 is 0.978 bits per heavy atom. The lowest BCUT2D eigenvalue weighted by Gasteiger charge is -2.34. The lowest BCUT2D eigenvalue weighted by atomic mass is 10.0. The van der Waals surface area contributed by atoms with E-state index >= 15 is 0 Å². The number of nitrogens with zero attached hydrogens (tertiary/aromatic N) is 6. The molecular formula is C29H36N8O8S. The van der Waals surface area contributed by atoms with Crippen molar-refractivity contribution in [2.75, 3.05) is 49.6 Å². The maximum Gasteiger partial charge on any atom is 0.422 e. The number of hydrogen-bond acceptors (Lipinski definition) is 13. The van der Waals surface area contributed by atoms with Crippen molar-refractivity contribution in [2.45, 2.75) is 52.5 Å². The first-order valence-corrected chi connectivity index (χ1v) is 16.4. The summed E-state index contributed by atoms with van der Waals surface area (Å²) < 4.78 is 39.2. The molecule has 1 saturated heterocycles. The zero-order valence-electron chi connectivity index (χ0n) is 25.8. The number of Topliss-reactive ketones (excluding diaryl/α,β-unsaturated/α-hetero) is 1. The second-order valence-electron chi connectivity index (χ2n) is 11.1. The lowest BCUT2D eigenvalue weighted by molar-refractivity contribution is -0.141. The molecule has 16 nitrogen and oxygen atoms in total. The molecule has 46 heavy (non-hydrogen) atoms. The fourth-order valence-electron chi connectivity index (χ4n) is 5.78. The second-order valence-corrected chi connectivity index (χ2v) is 12.8. The van der Waals surface area contributed by atoms with Gasteiger partial charge < -0.3 is 19.7 Å². The van der Waals surface area contributed by atoms with Gasteiger partial charge in [-0.3, -0.25) is 19.0 Å². The quantitative estimate of drug-likeness (QED) is 0.183. The van der Waals surface area contributed by atoms with Gasteiger partial charge in [-0.25, -0.2) is 19.5 Å². The molecule has 17 heteroatoms. The van der Waals surface area contributed by atoms with Gasteiger partial charge in [-0.05, 0) is 44.4 Å². The molecule has 1 saturated carbocycles. The van der Waals surface area contributed by atoms with Crippen LogP contribution in [0.3, 0.4) is 0 Å². The van der Waals surface area contributed by atoms with Crippen LogP contribution in [0.5, 0.6) is 0 Å². The van der Waals surface area contributed by atoms with Gasteiger partial charge >= 0.3 is 22.3 Å². The van der Waals surface area contributed by atoms with Crippen molar-refractivity contribution in [1.29, 1.82) is 0 Å². The molecule has 5 rings (SSSR count). The summed E-state index contributed by atoms with van der Waals surface area (Å²) in [5.74, 6) is -0.100. The Morgan fingerprint density at radius 3 is 2.30 bits per heavy atom. The first-order chi connectivity index (χ1) is 21.9. The number of fused-ring (bicyclic) bond motifs is 1. The van der Waals surface area contributed by atoms with Gasteiger partial charge in [-0.15, -0.1) is 0 Å². The van der Waals surface area contributed by atoms with Gasteiger partial charge in [0.15, 0.2) is 5.78 Å². The van der Waals surface area contributed by atoms with E-state index in [-0.39, 0.29) is 55.2 Å². The molecule has 4 heterocycles. The summed E-state index contributed by atoms with van der Waals surface area (Å²) in [6, 6.07) is 3.54. The Labute approximate surface area is 265 Å². The smallest absolute Gasteiger partial charge is 0.422 e. The molecule has 3 aromatic rings. The molecule has 0 radical (unpaired) electrons. The van der Waals surface area contributed by atoms with E-state index in [1.807, 2.05) is 15.7 Å². The van der Waals surface area contributed by atoms with Crippen LogP contribution in [0.15, 0.2) is 29.3 Å². The van der Waals surface area contributed by atoms with Crippen molar-refractivity contribution < 1.29 is 32.3 Å². The highest BCUT2D eigenvalue weighted by Crippen LogP contribution is 2.32. The van der Waals surface area contributed by atoms with Gasteiger partial charge in [0, 0.05) is 50.7 Å². The summed E-state index contributed by atoms with van der Waals surface area (Å²) in [5, 5.41) is 3.74.